The summed E-state index contributed by atoms with van der Waals surface area (Å²) in [5.74, 6) is 0.111. The van der Waals surface area contributed by atoms with Gasteiger partial charge in [-0.3, -0.25) is 9.69 Å². The number of carbonyl (C=O) groups excluding carboxylic acids is 1. The Hall–Kier alpha value is -1.85. The van der Waals surface area contributed by atoms with Crippen LogP contribution in [0.1, 0.15) is 24.3 Å². The van der Waals surface area contributed by atoms with E-state index in [2.05, 4.69) is 28.5 Å². The Morgan fingerprint density at radius 1 is 1.22 bits per heavy atom. The number of piperazine rings is 1. The summed E-state index contributed by atoms with van der Waals surface area (Å²) in [5, 5.41) is 10.6. The molecule has 1 unspecified atom stereocenters. The van der Waals surface area contributed by atoms with Crippen LogP contribution in [0.4, 0.5) is 0 Å². The summed E-state index contributed by atoms with van der Waals surface area (Å²) in [6.45, 7) is 8.43. The lowest BCUT2D eigenvalue weighted by Crippen LogP contribution is -2.50. The molecular formula is C18H25N3O2. The van der Waals surface area contributed by atoms with Crippen molar-refractivity contribution in [2.24, 2.45) is 0 Å². The van der Waals surface area contributed by atoms with E-state index in [9.17, 15) is 9.90 Å². The predicted molar refractivity (Wildman–Crippen MR) is 91.6 cm³/mol. The first-order valence-electron chi connectivity index (χ1n) is 8.38. The van der Waals surface area contributed by atoms with Crippen LogP contribution in [-0.2, 0) is 6.54 Å². The molecule has 5 nitrogen and oxygen atoms in total. The van der Waals surface area contributed by atoms with Crippen LogP contribution in [0.3, 0.4) is 0 Å². The zero-order chi connectivity index (χ0) is 16.4. The van der Waals surface area contributed by atoms with Crippen LogP contribution in [0.5, 0.6) is 0 Å². The van der Waals surface area contributed by atoms with Crippen LogP contribution in [0, 0.1) is 0 Å². The molecule has 1 saturated heterocycles. The maximum Gasteiger partial charge on any atom is 0.270 e. The highest BCUT2D eigenvalue weighted by atomic mass is 16.3. The van der Waals surface area contributed by atoms with Gasteiger partial charge in [0.1, 0.15) is 5.69 Å². The highest BCUT2D eigenvalue weighted by Crippen LogP contribution is 2.21. The fourth-order valence-electron chi connectivity index (χ4n) is 3.40. The molecule has 23 heavy (non-hydrogen) atoms. The summed E-state index contributed by atoms with van der Waals surface area (Å²) in [6.07, 6.45) is -0.320. The Labute approximate surface area is 137 Å². The zero-order valence-corrected chi connectivity index (χ0v) is 13.9. The molecule has 1 amide bonds. The summed E-state index contributed by atoms with van der Waals surface area (Å²) in [4.78, 5) is 17.1. The van der Waals surface area contributed by atoms with Crippen molar-refractivity contribution in [3.63, 3.8) is 0 Å². The highest BCUT2D eigenvalue weighted by Gasteiger charge is 2.25. The van der Waals surface area contributed by atoms with Crippen LogP contribution in [-0.4, -0.2) is 64.2 Å². The van der Waals surface area contributed by atoms with Crippen molar-refractivity contribution in [3.8, 4) is 0 Å². The van der Waals surface area contributed by atoms with Gasteiger partial charge in [-0.1, -0.05) is 18.2 Å². The Morgan fingerprint density at radius 2 is 1.91 bits per heavy atom. The van der Waals surface area contributed by atoms with E-state index in [1.54, 1.807) is 6.92 Å². The van der Waals surface area contributed by atoms with Crippen LogP contribution in [0.15, 0.2) is 30.3 Å². The number of aryl methyl sites for hydroxylation is 1. The second-order valence-corrected chi connectivity index (χ2v) is 6.27. The summed E-state index contributed by atoms with van der Waals surface area (Å²) < 4.78 is 2.10. The number of hydrogen-bond donors (Lipinski definition) is 1. The molecule has 0 radical (unpaired) electrons. The van der Waals surface area contributed by atoms with Gasteiger partial charge < -0.3 is 14.6 Å². The number of amides is 1. The van der Waals surface area contributed by atoms with E-state index in [1.165, 1.54) is 0 Å². The molecule has 1 aliphatic heterocycles. The van der Waals surface area contributed by atoms with Crippen LogP contribution >= 0.6 is 0 Å². The smallest absolute Gasteiger partial charge is 0.270 e. The third-order valence-corrected chi connectivity index (χ3v) is 4.53. The van der Waals surface area contributed by atoms with Crippen molar-refractivity contribution < 1.29 is 9.90 Å². The van der Waals surface area contributed by atoms with Gasteiger partial charge in [-0.05, 0) is 26.0 Å². The summed E-state index contributed by atoms with van der Waals surface area (Å²) in [6, 6.07) is 10.1. The molecule has 1 aromatic heterocycles. The monoisotopic (exact) mass is 315 g/mol. The predicted octanol–water partition coefficient (Wildman–Crippen LogP) is 1.80. The Bertz CT molecular complexity index is 685. The fraction of sp³-hybridized carbons (Fsp3) is 0.500. The second-order valence-electron chi connectivity index (χ2n) is 6.27. The van der Waals surface area contributed by atoms with Gasteiger partial charge in [0.25, 0.3) is 5.91 Å². The molecule has 0 spiro atoms. The lowest BCUT2D eigenvalue weighted by atomic mass is 10.2. The molecule has 1 fully saturated rings. The third-order valence-electron chi connectivity index (χ3n) is 4.53. The first kappa shape index (κ1) is 16.0. The molecule has 1 atom stereocenters. The van der Waals surface area contributed by atoms with Gasteiger partial charge in [-0.25, -0.2) is 0 Å². The van der Waals surface area contributed by atoms with E-state index in [0.29, 0.717) is 6.54 Å². The van der Waals surface area contributed by atoms with E-state index < -0.39 is 0 Å². The van der Waals surface area contributed by atoms with Crippen LogP contribution in [0.2, 0.25) is 0 Å². The lowest BCUT2D eigenvalue weighted by molar-refractivity contribution is 0.0546. The minimum atomic E-state index is -0.320. The quantitative estimate of drug-likeness (QED) is 0.936. The average molecular weight is 315 g/mol. The fourth-order valence-corrected chi connectivity index (χ4v) is 3.40. The average Bonchev–Trinajstić information content (AvgIpc) is 2.93. The van der Waals surface area contributed by atoms with Crippen molar-refractivity contribution in [2.45, 2.75) is 26.5 Å². The molecule has 1 N–H and O–H groups in total. The number of hydrogen-bond acceptors (Lipinski definition) is 3. The molecular weight excluding hydrogens is 290 g/mol. The number of β-amino-alcohol motifs (C(OH)–C–C–N with tert-alkyl or cyclic N) is 1. The van der Waals surface area contributed by atoms with Crippen LogP contribution < -0.4 is 0 Å². The molecule has 2 aromatic rings. The highest BCUT2D eigenvalue weighted by molar-refractivity contribution is 5.98. The molecule has 0 saturated carbocycles. The molecule has 0 bridgehead atoms. The second kappa shape index (κ2) is 6.72. The minimum Gasteiger partial charge on any atom is -0.392 e. The van der Waals surface area contributed by atoms with E-state index in [0.717, 1.165) is 49.3 Å². The summed E-state index contributed by atoms with van der Waals surface area (Å²) >= 11 is 0. The molecule has 2 heterocycles. The van der Waals surface area contributed by atoms with E-state index in [1.807, 2.05) is 23.1 Å². The Kier molecular flexibility index (Phi) is 4.68. The van der Waals surface area contributed by atoms with E-state index in [4.69, 9.17) is 0 Å². The van der Waals surface area contributed by atoms with Crippen LogP contribution in [0.25, 0.3) is 10.9 Å². The zero-order valence-electron chi connectivity index (χ0n) is 13.9. The molecule has 3 rings (SSSR count). The molecule has 0 aliphatic carbocycles. The van der Waals surface area contributed by atoms with Crippen molar-refractivity contribution in [1.29, 1.82) is 0 Å². The molecule has 1 aliphatic rings. The van der Waals surface area contributed by atoms with Gasteiger partial charge in [0.2, 0.25) is 0 Å². The third kappa shape index (κ3) is 3.26. The van der Waals surface area contributed by atoms with Crippen molar-refractivity contribution in [3.05, 3.63) is 36.0 Å². The van der Waals surface area contributed by atoms with Gasteiger partial charge in [0.15, 0.2) is 0 Å². The first-order valence-corrected chi connectivity index (χ1v) is 8.38. The number of benzene rings is 1. The number of nitrogens with zero attached hydrogens (tertiary/aromatic N) is 3. The van der Waals surface area contributed by atoms with Gasteiger partial charge >= 0.3 is 0 Å². The number of carbonyl (C=O) groups is 1. The first-order chi connectivity index (χ1) is 11.1. The number of aliphatic hydroxyl groups is 1. The maximum atomic E-state index is 12.9. The van der Waals surface area contributed by atoms with E-state index in [-0.39, 0.29) is 12.0 Å². The number of fused-ring (bicyclic) bond motifs is 1. The maximum absolute atomic E-state index is 12.9. The molecule has 1 aromatic carbocycles. The number of para-hydroxylation sites is 1. The molecule has 124 valence electrons. The summed E-state index contributed by atoms with van der Waals surface area (Å²) in [5.41, 5.74) is 1.89. The number of aromatic nitrogens is 1. The van der Waals surface area contributed by atoms with Gasteiger partial charge in [0.05, 0.1) is 6.10 Å². The van der Waals surface area contributed by atoms with E-state index >= 15 is 0 Å². The summed E-state index contributed by atoms with van der Waals surface area (Å²) in [7, 11) is 0. The minimum absolute atomic E-state index is 0.111. The number of rotatable bonds is 4. The van der Waals surface area contributed by atoms with Crippen molar-refractivity contribution >= 4 is 16.8 Å². The van der Waals surface area contributed by atoms with Gasteiger partial charge in [-0.15, -0.1) is 0 Å². The van der Waals surface area contributed by atoms with Gasteiger partial charge in [0, 0.05) is 50.2 Å². The van der Waals surface area contributed by atoms with Gasteiger partial charge in [-0.2, -0.15) is 0 Å². The Balaban J connectivity index is 1.76. The number of aliphatic hydroxyl groups excluding tert-OH is 1. The van der Waals surface area contributed by atoms with Crippen molar-refractivity contribution in [2.75, 3.05) is 32.7 Å². The molecule has 5 heteroatoms. The standard InChI is InChI=1S/C18H25N3O2/c1-3-21-16-7-5-4-6-15(16)12-17(21)18(23)20-10-8-19(9-11-20)13-14(2)22/h4-7,12,14,22H,3,8-11,13H2,1-2H3. The SMILES string of the molecule is CCn1c(C(=O)N2CCN(CC(C)O)CC2)cc2ccccc21. The van der Waals surface area contributed by atoms with Crippen molar-refractivity contribution in [1.82, 2.24) is 14.4 Å². The Morgan fingerprint density at radius 3 is 2.57 bits per heavy atom. The largest absolute Gasteiger partial charge is 0.392 e. The lowest BCUT2D eigenvalue weighted by Gasteiger charge is -2.35. The normalized spacial score (nSPS) is 17.6. The topological polar surface area (TPSA) is 48.7 Å².